The molecular weight excluding hydrogens is 345 g/mol. The van der Waals surface area contributed by atoms with Crippen molar-refractivity contribution in [3.8, 4) is 0 Å². The molecule has 1 N–H and O–H groups in total. The normalized spacial score (nSPS) is 14.0. The molecule has 6 heteroatoms. The van der Waals surface area contributed by atoms with E-state index in [0.717, 1.165) is 24.5 Å². The molecule has 0 atom stereocenters. The minimum absolute atomic E-state index is 0.0945. The van der Waals surface area contributed by atoms with Gasteiger partial charge in [-0.2, -0.15) is 0 Å². The number of benzene rings is 1. The largest absolute Gasteiger partial charge is 0.357 e. The van der Waals surface area contributed by atoms with E-state index >= 15 is 0 Å². The highest BCUT2D eigenvalue weighted by Crippen LogP contribution is 2.21. The lowest BCUT2D eigenvalue weighted by molar-refractivity contribution is 0.0954. The highest BCUT2D eigenvalue weighted by atomic mass is 35.5. The summed E-state index contributed by atoms with van der Waals surface area (Å²) >= 11 is 12.0. The van der Waals surface area contributed by atoms with Gasteiger partial charge in [-0.25, -0.2) is 4.98 Å². The van der Waals surface area contributed by atoms with Crippen LogP contribution in [0.25, 0.3) is 0 Å². The van der Waals surface area contributed by atoms with Crippen molar-refractivity contribution in [3.05, 3.63) is 57.7 Å². The second-order valence-electron chi connectivity index (χ2n) is 5.84. The molecule has 126 valence electrons. The van der Waals surface area contributed by atoms with Gasteiger partial charge in [0.05, 0.1) is 0 Å². The van der Waals surface area contributed by atoms with Gasteiger partial charge in [0.25, 0.3) is 5.91 Å². The molecule has 0 aliphatic carbocycles. The number of nitrogens with zero attached hydrogens (tertiary/aromatic N) is 2. The van der Waals surface area contributed by atoms with Crippen molar-refractivity contribution < 1.29 is 4.79 Å². The number of carbonyl (C=O) groups is 1. The molecule has 2 aromatic rings. The first-order chi connectivity index (χ1) is 11.6. The van der Waals surface area contributed by atoms with Gasteiger partial charge >= 0.3 is 0 Å². The third kappa shape index (κ3) is 4.19. The van der Waals surface area contributed by atoms with Gasteiger partial charge in [-0.1, -0.05) is 29.3 Å². The van der Waals surface area contributed by atoms with Crippen LogP contribution in [0, 0.1) is 0 Å². The van der Waals surface area contributed by atoms with Crippen LogP contribution in [-0.4, -0.2) is 30.5 Å². The van der Waals surface area contributed by atoms with Crippen molar-refractivity contribution in [1.82, 2.24) is 10.3 Å². The number of halogens is 2. The van der Waals surface area contributed by atoms with E-state index in [1.165, 1.54) is 12.8 Å². The Kier molecular flexibility index (Phi) is 5.59. The van der Waals surface area contributed by atoms with Gasteiger partial charge in [-0.05, 0) is 49.1 Å². The van der Waals surface area contributed by atoms with Crippen LogP contribution in [0.3, 0.4) is 0 Å². The molecule has 1 amide bonds. The van der Waals surface area contributed by atoms with Crippen LogP contribution in [0.4, 0.5) is 5.82 Å². The van der Waals surface area contributed by atoms with Gasteiger partial charge in [0, 0.05) is 41.4 Å². The smallest absolute Gasteiger partial charge is 0.251 e. The van der Waals surface area contributed by atoms with E-state index < -0.39 is 0 Å². The first-order valence-corrected chi connectivity index (χ1v) is 8.82. The molecule has 1 aliphatic rings. The lowest BCUT2D eigenvalue weighted by Gasteiger charge is -2.16. The molecule has 4 nitrogen and oxygen atoms in total. The zero-order valence-corrected chi connectivity index (χ0v) is 14.8. The summed E-state index contributed by atoms with van der Waals surface area (Å²) in [7, 11) is 0. The highest BCUT2D eigenvalue weighted by molar-refractivity contribution is 6.35. The molecule has 0 radical (unpaired) electrons. The van der Waals surface area contributed by atoms with E-state index in [1.54, 1.807) is 24.4 Å². The molecule has 0 spiro atoms. The van der Waals surface area contributed by atoms with E-state index in [2.05, 4.69) is 15.2 Å². The standard InChI is InChI=1S/C18H19Cl2N3O/c19-15-4-3-13(16(20)12-15)5-8-22-18(24)14-6-7-21-17(11-14)23-9-1-2-10-23/h3-4,6-7,11-12H,1-2,5,8-10H2,(H,22,24). The Bertz CT molecular complexity index is 730. The number of rotatable bonds is 5. The topological polar surface area (TPSA) is 45.2 Å². The molecule has 0 saturated carbocycles. The molecule has 1 saturated heterocycles. The van der Waals surface area contributed by atoms with Gasteiger partial charge in [0.2, 0.25) is 0 Å². The maximum Gasteiger partial charge on any atom is 0.251 e. The van der Waals surface area contributed by atoms with Crippen LogP contribution >= 0.6 is 23.2 Å². The molecule has 0 bridgehead atoms. The Labute approximate surface area is 151 Å². The van der Waals surface area contributed by atoms with Crippen molar-refractivity contribution in [2.75, 3.05) is 24.5 Å². The number of pyridine rings is 1. The zero-order chi connectivity index (χ0) is 16.9. The van der Waals surface area contributed by atoms with E-state index in [1.807, 2.05) is 12.1 Å². The van der Waals surface area contributed by atoms with Crippen molar-refractivity contribution >= 4 is 34.9 Å². The van der Waals surface area contributed by atoms with Gasteiger partial charge in [-0.15, -0.1) is 0 Å². The second kappa shape index (κ2) is 7.86. The number of hydrogen-bond acceptors (Lipinski definition) is 3. The van der Waals surface area contributed by atoms with Crippen LogP contribution in [0.5, 0.6) is 0 Å². The number of carbonyl (C=O) groups excluding carboxylic acids is 1. The van der Waals surface area contributed by atoms with E-state index in [-0.39, 0.29) is 5.91 Å². The summed E-state index contributed by atoms with van der Waals surface area (Å²) in [5.41, 5.74) is 1.60. The third-order valence-electron chi connectivity index (χ3n) is 4.13. The molecule has 1 aliphatic heterocycles. The van der Waals surface area contributed by atoms with E-state index in [9.17, 15) is 4.79 Å². The number of anilines is 1. The maximum absolute atomic E-state index is 12.3. The van der Waals surface area contributed by atoms with Gasteiger partial charge in [0.1, 0.15) is 5.82 Å². The second-order valence-corrected chi connectivity index (χ2v) is 6.68. The Hall–Kier alpha value is -1.78. The summed E-state index contributed by atoms with van der Waals surface area (Å²) in [5, 5.41) is 4.16. The average Bonchev–Trinajstić information content (AvgIpc) is 3.11. The first-order valence-electron chi connectivity index (χ1n) is 8.06. The fourth-order valence-corrected chi connectivity index (χ4v) is 3.32. The van der Waals surface area contributed by atoms with Gasteiger partial charge in [-0.3, -0.25) is 4.79 Å². The summed E-state index contributed by atoms with van der Waals surface area (Å²) in [6.45, 7) is 2.53. The Morgan fingerprint density at radius 3 is 2.71 bits per heavy atom. The van der Waals surface area contributed by atoms with Crippen LogP contribution in [0.2, 0.25) is 10.0 Å². The molecule has 1 aromatic carbocycles. The fraction of sp³-hybridized carbons (Fsp3) is 0.333. The van der Waals surface area contributed by atoms with Gasteiger partial charge < -0.3 is 10.2 Å². The summed E-state index contributed by atoms with van der Waals surface area (Å²) < 4.78 is 0. The van der Waals surface area contributed by atoms with Crippen molar-refractivity contribution in [1.29, 1.82) is 0 Å². The van der Waals surface area contributed by atoms with Crippen molar-refractivity contribution in [3.63, 3.8) is 0 Å². The highest BCUT2D eigenvalue weighted by Gasteiger charge is 2.15. The van der Waals surface area contributed by atoms with Crippen LogP contribution in [0.1, 0.15) is 28.8 Å². The molecule has 0 unspecified atom stereocenters. The fourth-order valence-electron chi connectivity index (χ4n) is 2.82. The molecular formula is C18H19Cl2N3O. The quantitative estimate of drug-likeness (QED) is 0.874. The van der Waals surface area contributed by atoms with Crippen molar-refractivity contribution in [2.24, 2.45) is 0 Å². The monoisotopic (exact) mass is 363 g/mol. The Balaban J connectivity index is 1.57. The summed E-state index contributed by atoms with van der Waals surface area (Å²) in [5.74, 6) is 0.781. The predicted octanol–water partition coefficient (Wildman–Crippen LogP) is 3.96. The molecule has 1 fully saturated rings. The minimum Gasteiger partial charge on any atom is -0.357 e. The van der Waals surface area contributed by atoms with Crippen LogP contribution in [0.15, 0.2) is 36.5 Å². The zero-order valence-electron chi connectivity index (χ0n) is 13.3. The molecule has 2 heterocycles. The average molecular weight is 364 g/mol. The first kappa shape index (κ1) is 17.1. The van der Waals surface area contributed by atoms with Crippen LogP contribution in [-0.2, 0) is 6.42 Å². The summed E-state index contributed by atoms with van der Waals surface area (Å²) in [4.78, 5) is 18.9. The lowest BCUT2D eigenvalue weighted by Crippen LogP contribution is -2.26. The maximum atomic E-state index is 12.3. The number of nitrogens with one attached hydrogen (secondary N) is 1. The third-order valence-corrected chi connectivity index (χ3v) is 4.72. The number of amides is 1. The Morgan fingerprint density at radius 2 is 1.96 bits per heavy atom. The minimum atomic E-state index is -0.0945. The predicted molar refractivity (Wildman–Crippen MR) is 98.2 cm³/mol. The van der Waals surface area contributed by atoms with Crippen LogP contribution < -0.4 is 10.2 Å². The molecule has 3 rings (SSSR count). The lowest BCUT2D eigenvalue weighted by atomic mass is 10.1. The SMILES string of the molecule is O=C(NCCc1ccc(Cl)cc1Cl)c1ccnc(N2CCCC2)c1. The van der Waals surface area contributed by atoms with E-state index in [4.69, 9.17) is 23.2 Å². The summed E-state index contributed by atoms with van der Waals surface area (Å²) in [6, 6.07) is 9.00. The molecule has 1 aromatic heterocycles. The Morgan fingerprint density at radius 1 is 1.17 bits per heavy atom. The summed E-state index contributed by atoms with van der Waals surface area (Å²) in [6.07, 6.45) is 4.71. The van der Waals surface area contributed by atoms with Gasteiger partial charge in [0.15, 0.2) is 0 Å². The number of aromatic nitrogens is 1. The number of hydrogen-bond donors (Lipinski definition) is 1. The molecule has 24 heavy (non-hydrogen) atoms. The van der Waals surface area contributed by atoms with Crippen molar-refractivity contribution in [2.45, 2.75) is 19.3 Å². The van der Waals surface area contributed by atoms with E-state index in [0.29, 0.717) is 28.6 Å².